The standard InChI is InChI=1S/C19H23F2N5O/c1-4-8-22-16(14-6-9-26(10-7-14)17(27)5-2)13-23-15-11-24-18(25-12-15)19(3,20)21/h4-6,8,11-12,23H,2,7,9-10,13H2,1,3H3/b8-4-,22-16+. The number of amides is 1. The number of carbonyl (C=O) groups is 1. The molecule has 0 unspecified atom stereocenters. The molecule has 8 heteroatoms. The van der Waals surface area contributed by atoms with Gasteiger partial charge in [0.15, 0.2) is 5.82 Å². The number of hydrogen-bond donors (Lipinski definition) is 1. The number of anilines is 1. The van der Waals surface area contributed by atoms with E-state index in [1.54, 1.807) is 11.1 Å². The molecule has 27 heavy (non-hydrogen) atoms. The van der Waals surface area contributed by atoms with Gasteiger partial charge in [-0.05, 0) is 25.0 Å². The first-order valence-corrected chi connectivity index (χ1v) is 8.58. The van der Waals surface area contributed by atoms with Crippen molar-refractivity contribution in [2.24, 2.45) is 4.99 Å². The molecule has 1 aromatic heterocycles. The van der Waals surface area contributed by atoms with E-state index in [4.69, 9.17) is 0 Å². The van der Waals surface area contributed by atoms with Crippen molar-refractivity contribution in [3.8, 4) is 0 Å². The van der Waals surface area contributed by atoms with E-state index in [0.29, 0.717) is 31.7 Å². The van der Waals surface area contributed by atoms with Crippen LogP contribution in [0.4, 0.5) is 14.5 Å². The van der Waals surface area contributed by atoms with Crippen molar-refractivity contribution in [2.75, 3.05) is 25.0 Å². The van der Waals surface area contributed by atoms with Gasteiger partial charge in [-0.25, -0.2) is 9.97 Å². The first kappa shape index (κ1) is 20.4. The lowest BCUT2D eigenvalue weighted by Gasteiger charge is -2.26. The molecule has 6 nitrogen and oxygen atoms in total. The van der Waals surface area contributed by atoms with Gasteiger partial charge in [-0.15, -0.1) is 0 Å². The van der Waals surface area contributed by atoms with E-state index in [1.165, 1.54) is 18.5 Å². The van der Waals surface area contributed by atoms with Crippen molar-refractivity contribution in [1.29, 1.82) is 0 Å². The van der Waals surface area contributed by atoms with Crippen molar-refractivity contribution < 1.29 is 13.6 Å². The Kier molecular flexibility index (Phi) is 6.92. The number of aromatic nitrogens is 2. The summed E-state index contributed by atoms with van der Waals surface area (Å²) in [5.74, 6) is -3.68. The number of allylic oxidation sites excluding steroid dienone is 1. The Balaban J connectivity index is 2.06. The smallest absolute Gasteiger partial charge is 0.303 e. The SMILES string of the molecule is C=CC(=O)N1CC=C(/C(CNc2cnc(C(C)(F)F)nc2)=N/C=C\C)CC1. The lowest BCUT2D eigenvalue weighted by Crippen LogP contribution is -2.35. The molecule has 1 aliphatic heterocycles. The first-order valence-electron chi connectivity index (χ1n) is 8.58. The van der Waals surface area contributed by atoms with E-state index < -0.39 is 11.7 Å². The average Bonchev–Trinajstić information content (AvgIpc) is 2.67. The van der Waals surface area contributed by atoms with Gasteiger partial charge in [0.05, 0.1) is 30.3 Å². The third-order valence-electron chi connectivity index (χ3n) is 3.95. The Morgan fingerprint density at radius 1 is 1.44 bits per heavy atom. The molecule has 0 atom stereocenters. The predicted molar refractivity (Wildman–Crippen MR) is 102 cm³/mol. The Morgan fingerprint density at radius 2 is 2.15 bits per heavy atom. The second kappa shape index (κ2) is 9.16. The number of nitrogens with one attached hydrogen (secondary N) is 1. The number of aliphatic imine (C=N–C) groups is 1. The summed E-state index contributed by atoms with van der Waals surface area (Å²) in [7, 11) is 0. The summed E-state index contributed by atoms with van der Waals surface area (Å²) in [4.78, 5) is 25.2. The van der Waals surface area contributed by atoms with Crippen LogP contribution >= 0.6 is 0 Å². The highest BCUT2D eigenvalue weighted by atomic mass is 19.3. The number of carbonyl (C=O) groups excluding carboxylic acids is 1. The molecule has 144 valence electrons. The van der Waals surface area contributed by atoms with E-state index in [2.05, 4.69) is 26.9 Å². The van der Waals surface area contributed by atoms with Gasteiger partial charge in [0.2, 0.25) is 5.91 Å². The van der Waals surface area contributed by atoms with Crippen LogP contribution < -0.4 is 5.32 Å². The van der Waals surface area contributed by atoms with Crippen LogP contribution in [0, 0.1) is 0 Å². The largest absolute Gasteiger partial charge is 0.377 e. The molecular weight excluding hydrogens is 352 g/mol. The highest BCUT2D eigenvalue weighted by Gasteiger charge is 2.27. The monoisotopic (exact) mass is 375 g/mol. The van der Waals surface area contributed by atoms with Gasteiger partial charge in [0.1, 0.15) is 0 Å². The Labute approximate surface area is 157 Å². The fraction of sp³-hybridized carbons (Fsp3) is 0.368. The lowest BCUT2D eigenvalue weighted by molar-refractivity contribution is -0.125. The Hall–Kier alpha value is -2.90. The second-order valence-electron chi connectivity index (χ2n) is 6.06. The summed E-state index contributed by atoms with van der Waals surface area (Å²) < 4.78 is 26.4. The molecule has 0 saturated carbocycles. The van der Waals surface area contributed by atoms with Crippen molar-refractivity contribution in [2.45, 2.75) is 26.2 Å². The summed E-state index contributed by atoms with van der Waals surface area (Å²) in [6.45, 7) is 7.60. The molecule has 0 aliphatic carbocycles. The molecule has 0 fully saturated rings. The minimum absolute atomic E-state index is 0.0969. The number of alkyl halides is 2. The normalized spacial score (nSPS) is 15.6. The highest BCUT2D eigenvalue weighted by Crippen LogP contribution is 2.23. The van der Waals surface area contributed by atoms with E-state index in [-0.39, 0.29) is 5.91 Å². The number of halogens is 2. The van der Waals surface area contributed by atoms with Gasteiger partial charge < -0.3 is 10.2 Å². The summed E-state index contributed by atoms with van der Waals surface area (Å²) >= 11 is 0. The Bertz CT molecular complexity index is 763. The molecule has 2 rings (SSSR count). The zero-order chi connectivity index (χ0) is 19.9. The molecular formula is C19H23F2N5O. The van der Waals surface area contributed by atoms with Gasteiger partial charge >= 0.3 is 5.92 Å². The molecule has 1 aliphatic rings. The van der Waals surface area contributed by atoms with Crippen LogP contribution in [0.3, 0.4) is 0 Å². The molecule has 0 spiro atoms. The van der Waals surface area contributed by atoms with Crippen LogP contribution in [0.25, 0.3) is 0 Å². The minimum atomic E-state index is -3.07. The van der Waals surface area contributed by atoms with Crippen molar-refractivity contribution >= 4 is 17.3 Å². The van der Waals surface area contributed by atoms with Gasteiger partial charge in [0, 0.05) is 26.2 Å². The molecule has 0 aromatic carbocycles. The van der Waals surface area contributed by atoms with Gasteiger partial charge in [-0.2, -0.15) is 8.78 Å². The topological polar surface area (TPSA) is 70.5 Å². The van der Waals surface area contributed by atoms with E-state index in [1.807, 2.05) is 19.1 Å². The maximum atomic E-state index is 13.2. The minimum Gasteiger partial charge on any atom is -0.377 e. The van der Waals surface area contributed by atoms with Crippen molar-refractivity contribution in [3.05, 3.63) is 54.8 Å². The molecule has 1 amide bonds. The van der Waals surface area contributed by atoms with E-state index >= 15 is 0 Å². The zero-order valence-corrected chi connectivity index (χ0v) is 15.5. The van der Waals surface area contributed by atoms with Crippen molar-refractivity contribution in [1.82, 2.24) is 14.9 Å². The Morgan fingerprint density at radius 3 is 2.67 bits per heavy atom. The third-order valence-corrected chi connectivity index (χ3v) is 3.95. The predicted octanol–water partition coefficient (Wildman–Crippen LogP) is 3.32. The van der Waals surface area contributed by atoms with Crippen LogP contribution in [-0.4, -0.2) is 46.1 Å². The maximum absolute atomic E-state index is 13.2. The molecule has 1 aromatic rings. The number of nitrogens with zero attached hydrogens (tertiary/aromatic N) is 4. The maximum Gasteiger partial charge on any atom is 0.303 e. The molecule has 0 radical (unpaired) electrons. The molecule has 0 bridgehead atoms. The molecule has 1 N–H and O–H groups in total. The fourth-order valence-electron chi connectivity index (χ4n) is 2.50. The summed E-state index contributed by atoms with van der Waals surface area (Å²) in [5, 5.41) is 3.10. The first-order chi connectivity index (χ1) is 12.8. The van der Waals surface area contributed by atoms with Crippen molar-refractivity contribution in [3.63, 3.8) is 0 Å². The van der Waals surface area contributed by atoms with Crippen LogP contribution in [0.2, 0.25) is 0 Å². The second-order valence-corrected chi connectivity index (χ2v) is 6.06. The lowest BCUT2D eigenvalue weighted by atomic mass is 10.0. The number of hydrogen-bond acceptors (Lipinski definition) is 5. The highest BCUT2D eigenvalue weighted by molar-refractivity contribution is 6.03. The van der Waals surface area contributed by atoms with Gasteiger partial charge in [-0.3, -0.25) is 9.79 Å². The van der Waals surface area contributed by atoms with E-state index in [0.717, 1.165) is 18.2 Å². The van der Waals surface area contributed by atoms with Crippen LogP contribution in [0.5, 0.6) is 0 Å². The average molecular weight is 375 g/mol. The summed E-state index contributed by atoms with van der Waals surface area (Å²) in [5.41, 5.74) is 2.37. The number of rotatable bonds is 7. The van der Waals surface area contributed by atoms with Gasteiger partial charge in [-0.1, -0.05) is 18.7 Å². The fourth-order valence-corrected chi connectivity index (χ4v) is 2.50. The van der Waals surface area contributed by atoms with E-state index in [9.17, 15) is 13.6 Å². The van der Waals surface area contributed by atoms with Crippen LogP contribution in [-0.2, 0) is 10.7 Å². The third kappa shape index (κ3) is 5.80. The van der Waals surface area contributed by atoms with Crippen LogP contribution in [0.15, 0.2) is 54.0 Å². The summed E-state index contributed by atoms with van der Waals surface area (Å²) in [6, 6.07) is 0. The van der Waals surface area contributed by atoms with Gasteiger partial charge in [0.25, 0.3) is 0 Å². The molecule has 2 heterocycles. The van der Waals surface area contributed by atoms with Crippen LogP contribution in [0.1, 0.15) is 26.1 Å². The molecule has 0 saturated heterocycles. The quantitative estimate of drug-likeness (QED) is 0.586. The summed E-state index contributed by atoms with van der Waals surface area (Å²) in [6.07, 6.45) is 10.1. The zero-order valence-electron chi connectivity index (χ0n) is 15.5.